The zero-order valence-electron chi connectivity index (χ0n) is 36.4. The molecule has 12 nitrogen and oxygen atoms in total. The molecule has 62 heavy (non-hydrogen) atoms. The summed E-state index contributed by atoms with van der Waals surface area (Å²) >= 11 is 0. The molecular weight excluding hydrogens is 793 g/mol. The van der Waals surface area contributed by atoms with E-state index < -0.39 is 16.6 Å². The number of aliphatic hydroxyl groups is 3. The third kappa shape index (κ3) is 8.01. The first-order valence-electron chi connectivity index (χ1n) is 23.2. The Bertz CT molecular complexity index is 2060. The number of hydrogen-bond acceptors (Lipinski definition) is 12. The van der Waals surface area contributed by atoms with Crippen molar-refractivity contribution in [3.63, 3.8) is 0 Å². The molecule has 0 radical (unpaired) electrons. The molecule has 3 N–H and O–H groups in total. The van der Waals surface area contributed by atoms with Crippen molar-refractivity contribution in [2.24, 2.45) is 34.5 Å². The smallest absolute Gasteiger partial charge is 0.161 e. The Morgan fingerprint density at radius 3 is 1.98 bits per heavy atom. The Labute approximate surface area is 364 Å². The number of hydrogen-bond donors (Lipinski definition) is 3. The van der Waals surface area contributed by atoms with Gasteiger partial charge >= 0.3 is 0 Å². The molecule has 1 heterocycles. The molecule has 12 heteroatoms. The van der Waals surface area contributed by atoms with Gasteiger partial charge in [-0.05, 0) is 116 Å². The van der Waals surface area contributed by atoms with Crippen LogP contribution in [-0.2, 0) is 23.9 Å². The molecule has 0 spiro atoms. The quantitative estimate of drug-likeness (QED) is 0.308. The molecule has 6 aliphatic carbocycles. The van der Waals surface area contributed by atoms with Crippen LogP contribution >= 0.6 is 0 Å². The first-order valence-corrected chi connectivity index (χ1v) is 23.2. The number of carbonyl (C=O) groups is 3. The predicted molar refractivity (Wildman–Crippen MR) is 228 cm³/mol. The zero-order chi connectivity index (χ0) is 43.3. The third-order valence-corrected chi connectivity index (χ3v) is 16.1. The zero-order valence-corrected chi connectivity index (χ0v) is 36.4. The molecule has 1 aliphatic heterocycles. The molecule has 5 fully saturated rings. The van der Waals surface area contributed by atoms with Crippen molar-refractivity contribution in [2.45, 2.75) is 114 Å². The van der Waals surface area contributed by atoms with Gasteiger partial charge in [-0.25, -0.2) is 0 Å². The Morgan fingerprint density at radius 1 is 0.710 bits per heavy atom. The highest BCUT2D eigenvalue weighted by Crippen LogP contribution is 2.65. The fourth-order valence-electron chi connectivity index (χ4n) is 13.4. The molecule has 5 saturated carbocycles. The Balaban J connectivity index is 0.868. The average molecular weight is 857 g/mol. The van der Waals surface area contributed by atoms with Crippen molar-refractivity contribution in [3.8, 4) is 23.0 Å². The van der Waals surface area contributed by atoms with E-state index in [9.17, 15) is 29.7 Å². The van der Waals surface area contributed by atoms with Crippen molar-refractivity contribution in [2.75, 3.05) is 59.5 Å². The summed E-state index contributed by atoms with van der Waals surface area (Å²) in [4.78, 5) is 40.9. The molecule has 10 atom stereocenters. The fourth-order valence-corrected chi connectivity index (χ4v) is 13.4. The van der Waals surface area contributed by atoms with E-state index in [1.807, 2.05) is 43.3 Å². The molecular formula is C50H64O12. The van der Waals surface area contributed by atoms with Gasteiger partial charge in [0, 0.05) is 49.0 Å². The Morgan fingerprint density at radius 2 is 1.34 bits per heavy atom. The SMILES string of the molecule is C[C@]12CCC(=O)C=C1CCC1C2C(=O)C[C@]2(C)C(=O)C(c3ccc4c(c3)OCCOCCOc3cc(C5C6CCCC5(O)CC(O)(CCO)C6)ccc3OCCOCCO4)CC12. The standard InChI is InChI=1S/C50H64O12/c1-47-13-11-35(52)26-34(47)7-8-36-38-27-37(46(54)48(38,2)29-39(53)45(36)47)31-5-9-40-42(24-31)61-22-18-58-19-23-62-43-25-32(6-10-41(43)60-21-17-57-16-20-59-40)44-33-4-3-12-50(44,56)30-49(55,28-33)14-15-51/h5-6,9-10,24-26,33,36-38,44-45,51,55-56H,3-4,7-8,11-23,27-30H2,1-2H3/t33?,36?,37?,38?,44?,45?,47-,48-,49?,50?/m0/s1. The summed E-state index contributed by atoms with van der Waals surface area (Å²) in [6, 6.07) is 11.6. The number of allylic oxidation sites excluding steroid dienone is 1. The number of ketones is 3. The summed E-state index contributed by atoms with van der Waals surface area (Å²) in [5, 5.41) is 32.9. The largest absolute Gasteiger partial charge is 0.487 e. The predicted octanol–water partition coefficient (Wildman–Crippen LogP) is 6.44. The number of fused-ring (bicyclic) bond motifs is 9. The lowest BCUT2D eigenvalue weighted by Gasteiger charge is -2.55. The van der Waals surface area contributed by atoms with Crippen molar-refractivity contribution in [3.05, 3.63) is 59.2 Å². The lowest BCUT2D eigenvalue weighted by atomic mass is 9.47. The number of rotatable bonds is 4. The Kier molecular flexibility index (Phi) is 12.1. The van der Waals surface area contributed by atoms with Gasteiger partial charge in [0.05, 0.1) is 37.6 Å². The minimum Gasteiger partial charge on any atom is -0.487 e. The van der Waals surface area contributed by atoms with Gasteiger partial charge < -0.3 is 43.7 Å². The van der Waals surface area contributed by atoms with Gasteiger partial charge in [-0.1, -0.05) is 38.0 Å². The highest BCUT2D eigenvalue weighted by Gasteiger charge is 2.64. The maximum atomic E-state index is 14.5. The van der Waals surface area contributed by atoms with Crippen LogP contribution in [0.25, 0.3) is 0 Å². The molecule has 7 aliphatic rings. The van der Waals surface area contributed by atoms with Crippen molar-refractivity contribution >= 4 is 17.3 Å². The summed E-state index contributed by atoms with van der Waals surface area (Å²) in [5.74, 6) is 2.18. The van der Waals surface area contributed by atoms with E-state index in [4.69, 9.17) is 28.4 Å². The summed E-state index contributed by atoms with van der Waals surface area (Å²) in [5.41, 5.74) is -0.296. The van der Waals surface area contributed by atoms with Gasteiger partial charge in [0.2, 0.25) is 0 Å². The van der Waals surface area contributed by atoms with Crippen molar-refractivity contribution in [1.29, 1.82) is 0 Å². The minimum atomic E-state index is -1.09. The third-order valence-electron chi connectivity index (χ3n) is 16.1. The second kappa shape index (κ2) is 17.3. The monoisotopic (exact) mass is 856 g/mol. The topological polar surface area (TPSA) is 167 Å². The number of Topliss-reactive ketones (excluding diaryl/α,β-unsaturated/α-hetero) is 2. The van der Waals surface area contributed by atoms with E-state index in [-0.39, 0.29) is 124 Å². The van der Waals surface area contributed by atoms with Crippen LogP contribution in [-0.4, -0.2) is 103 Å². The highest BCUT2D eigenvalue weighted by atomic mass is 16.6. The maximum absolute atomic E-state index is 14.5. The van der Waals surface area contributed by atoms with E-state index in [2.05, 4.69) is 6.92 Å². The van der Waals surface area contributed by atoms with E-state index in [1.54, 1.807) is 6.08 Å². The molecule has 2 aromatic rings. The van der Waals surface area contributed by atoms with Gasteiger partial charge in [-0.15, -0.1) is 0 Å². The van der Waals surface area contributed by atoms with Gasteiger partial charge in [-0.3, -0.25) is 14.4 Å². The molecule has 2 aromatic carbocycles. The number of ether oxygens (including phenoxy) is 6. The van der Waals surface area contributed by atoms with Gasteiger partial charge in [0.1, 0.15) is 38.0 Å². The molecule has 0 amide bonds. The lowest BCUT2D eigenvalue weighted by molar-refractivity contribution is -0.159. The Hall–Kier alpha value is -3.81. The van der Waals surface area contributed by atoms with Crippen LogP contribution < -0.4 is 18.9 Å². The van der Waals surface area contributed by atoms with E-state index in [0.29, 0.717) is 68.3 Å². The lowest BCUT2D eigenvalue weighted by Crippen LogP contribution is -2.56. The number of aliphatic hydroxyl groups excluding tert-OH is 1. The average Bonchev–Trinajstić information content (AvgIpc) is 3.49. The van der Waals surface area contributed by atoms with Gasteiger partial charge in [0.15, 0.2) is 28.8 Å². The molecule has 9 rings (SSSR count). The van der Waals surface area contributed by atoms with Crippen LogP contribution in [0, 0.1) is 34.5 Å². The summed E-state index contributed by atoms with van der Waals surface area (Å²) in [7, 11) is 0. The minimum absolute atomic E-state index is 0.0692. The summed E-state index contributed by atoms with van der Waals surface area (Å²) < 4.78 is 36.8. The van der Waals surface area contributed by atoms with Crippen LogP contribution in [0.3, 0.4) is 0 Å². The van der Waals surface area contributed by atoms with Crippen LogP contribution in [0.15, 0.2) is 48.0 Å². The van der Waals surface area contributed by atoms with E-state index in [1.165, 1.54) is 0 Å². The van der Waals surface area contributed by atoms with E-state index in [0.717, 1.165) is 42.4 Å². The number of benzene rings is 2. The maximum Gasteiger partial charge on any atom is 0.161 e. The first kappa shape index (κ1) is 43.4. The summed E-state index contributed by atoms with van der Waals surface area (Å²) in [6.07, 6.45) is 8.91. The van der Waals surface area contributed by atoms with E-state index >= 15 is 0 Å². The van der Waals surface area contributed by atoms with Crippen molar-refractivity contribution in [1.82, 2.24) is 0 Å². The first-order chi connectivity index (χ1) is 29.8. The normalized spacial score (nSPS) is 37.8. The number of carbonyl (C=O) groups excluding carboxylic acids is 3. The van der Waals surface area contributed by atoms with Crippen LogP contribution in [0.5, 0.6) is 23.0 Å². The second-order valence-electron chi connectivity index (χ2n) is 19.9. The van der Waals surface area contributed by atoms with Gasteiger partial charge in [0.25, 0.3) is 0 Å². The van der Waals surface area contributed by atoms with Crippen molar-refractivity contribution < 1.29 is 58.1 Å². The van der Waals surface area contributed by atoms with Crippen LogP contribution in [0.1, 0.15) is 114 Å². The van der Waals surface area contributed by atoms with Crippen LogP contribution in [0.4, 0.5) is 0 Å². The molecule has 336 valence electrons. The molecule has 0 aromatic heterocycles. The van der Waals surface area contributed by atoms with Crippen LogP contribution in [0.2, 0.25) is 0 Å². The van der Waals surface area contributed by atoms with Gasteiger partial charge in [-0.2, -0.15) is 0 Å². The second-order valence-corrected chi connectivity index (χ2v) is 19.9. The fraction of sp³-hybridized carbons (Fsp3) is 0.660. The summed E-state index contributed by atoms with van der Waals surface area (Å²) in [6.45, 7) is 6.28. The molecule has 0 saturated heterocycles. The molecule has 8 unspecified atom stereocenters. The molecule has 2 bridgehead atoms. The highest BCUT2D eigenvalue weighted by molar-refractivity contribution is 6.00.